The van der Waals surface area contributed by atoms with Crippen molar-refractivity contribution in [2.75, 3.05) is 7.05 Å². The van der Waals surface area contributed by atoms with Crippen LogP contribution in [-0.2, 0) is 0 Å². The molecule has 0 spiro atoms. The highest BCUT2D eigenvalue weighted by molar-refractivity contribution is 6.29. The molecule has 1 atom stereocenters. The van der Waals surface area contributed by atoms with Gasteiger partial charge in [-0.2, -0.15) is 0 Å². The monoisotopic (exact) mass is 209 g/mol. The molecule has 1 unspecified atom stereocenters. The van der Waals surface area contributed by atoms with Crippen LogP contribution < -0.4 is 0 Å². The molecule has 1 heterocycles. The lowest BCUT2D eigenvalue weighted by Gasteiger charge is -2.27. The standard InChI is InChI=1S/C12H16ClN/c1-8-12(2,3)10-7-9(13)5-6-11(10)14(8)4/h5-6,10H,1,7H2,2-4H3. The fraction of sp³-hybridized carbons (Fsp3) is 0.500. The number of halogens is 1. The Morgan fingerprint density at radius 1 is 1.50 bits per heavy atom. The minimum Gasteiger partial charge on any atom is -0.351 e. The molecule has 2 heteroatoms. The molecule has 2 rings (SSSR count). The molecule has 0 aromatic rings. The molecule has 1 fully saturated rings. The summed E-state index contributed by atoms with van der Waals surface area (Å²) in [6.45, 7) is 8.64. The maximum absolute atomic E-state index is 6.07. The molecule has 1 aliphatic carbocycles. The summed E-state index contributed by atoms with van der Waals surface area (Å²) in [7, 11) is 2.09. The van der Waals surface area contributed by atoms with Gasteiger partial charge in [-0.1, -0.05) is 32.0 Å². The average molecular weight is 210 g/mol. The zero-order valence-electron chi connectivity index (χ0n) is 8.97. The Kier molecular flexibility index (Phi) is 2.04. The van der Waals surface area contributed by atoms with Gasteiger partial charge in [-0.25, -0.2) is 0 Å². The summed E-state index contributed by atoms with van der Waals surface area (Å²) in [5.74, 6) is 0.498. The van der Waals surface area contributed by atoms with Crippen molar-refractivity contribution in [3.63, 3.8) is 0 Å². The van der Waals surface area contributed by atoms with Gasteiger partial charge in [0.05, 0.1) is 0 Å². The molecular formula is C12H16ClN. The number of nitrogens with zero attached hydrogens (tertiary/aromatic N) is 1. The van der Waals surface area contributed by atoms with Crippen LogP contribution in [0, 0.1) is 11.3 Å². The van der Waals surface area contributed by atoms with E-state index >= 15 is 0 Å². The quantitative estimate of drug-likeness (QED) is 0.590. The molecule has 14 heavy (non-hydrogen) atoms. The van der Waals surface area contributed by atoms with Gasteiger partial charge < -0.3 is 4.90 Å². The molecule has 76 valence electrons. The van der Waals surface area contributed by atoms with E-state index in [-0.39, 0.29) is 5.41 Å². The highest BCUT2D eigenvalue weighted by Crippen LogP contribution is 2.52. The maximum Gasteiger partial charge on any atom is 0.0218 e. The third kappa shape index (κ3) is 1.15. The first-order valence-corrected chi connectivity index (χ1v) is 5.31. The molecule has 1 nitrogen and oxygen atoms in total. The third-order valence-electron chi connectivity index (χ3n) is 3.60. The van der Waals surface area contributed by atoms with E-state index in [1.807, 2.05) is 6.08 Å². The average Bonchev–Trinajstić information content (AvgIpc) is 2.29. The van der Waals surface area contributed by atoms with Gasteiger partial charge in [0, 0.05) is 34.8 Å². The largest absolute Gasteiger partial charge is 0.351 e. The topological polar surface area (TPSA) is 3.24 Å². The summed E-state index contributed by atoms with van der Waals surface area (Å²) in [6, 6.07) is 0. The minimum atomic E-state index is 0.134. The van der Waals surface area contributed by atoms with Gasteiger partial charge in [0.15, 0.2) is 0 Å². The van der Waals surface area contributed by atoms with Crippen molar-refractivity contribution >= 4 is 11.6 Å². The number of hydrogen-bond donors (Lipinski definition) is 0. The van der Waals surface area contributed by atoms with Crippen molar-refractivity contribution in [3.8, 4) is 0 Å². The lowest BCUT2D eigenvalue weighted by molar-refractivity contribution is 0.339. The molecular weight excluding hydrogens is 194 g/mol. The van der Waals surface area contributed by atoms with Gasteiger partial charge >= 0.3 is 0 Å². The number of hydrogen-bond acceptors (Lipinski definition) is 1. The molecule has 0 aromatic carbocycles. The van der Waals surface area contributed by atoms with Gasteiger partial charge in [-0.05, 0) is 18.6 Å². The zero-order valence-corrected chi connectivity index (χ0v) is 9.73. The van der Waals surface area contributed by atoms with Crippen molar-refractivity contribution in [2.45, 2.75) is 20.3 Å². The first kappa shape index (κ1) is 9.85. The van der Waals surface area contributed by atoms with E-state index in [1.54, 1.807) is 0 Å². The van der Waals surface area contributed by atoms with Crippen molar-refractivity contribution in [1.29, 1.82) is 0 Å². The summed E-state index contributed by atoms with van der Waals surface area (Å²) in [4.78, 5) is 2.20. The van der Waals surface area contributed by atoms with Crippen LogP contribution in [0.15, 0.2) is 35.2 Å². The molecule has 0 amide bonds. The second kappa shape index (κ2) is 2.90. The smallest absolute Gasteiger partial charge is 0.0218 e. The number of allylic oxidation sites excluding steroid dienone is 5. The maximum atomic E-state index is 6.07. The van der Waals surface area contributed by atoms with E-state index in [0.717, 1.165) is 11.5 Å². The van der Waals surface area contributed by atoms with E-state index in [1.165, 1.54) is 11.4 Å². The predicted molar refractivity (Wildman–Crippen MR) is 60.8 cm³/mol. The summed E-state index contributed by atoms with van der Waals surface area (Å²) in [5, 5.41) is 0.954. The Morgan fingerprint density at radius 2 is 2.14 bits per heavy atom. The van der Waals surface area contributed by atoms with E-state index in [4.69, 9.17) is 11.6 Å². The molecule has 0 aromatic heterocycles. The summed E-state index contributed by atoms with van der Waals surface area (Å²) in [6.07, 6.45) is 5.07. The predicted octanol–water partition coefficient (Wildman–Crippen LogP) is 3.50. The van der Waals surface area contributed by atoms with Crippen molar-refractivity contribution in [1.82, 2.24) is 4.90 Å². The van der Waals surface area contributed by atoms with Gasteiger partial charge in [-0.15, -0.1) is 0 Å². The van der Waals surface area contributed by atoms with Crippen LogP contribution in [0.2, 0.25) is 0 Å². The highest BCUT2D eigenvalue weighted by Gasteiger charge is 2.45. The first-order chi connectivity index (χ1) is 6.44. The Hall–Kier alpha value is -0.690. The molecule has 1 aliphatic heterocycles. The molecule has 2 aliphatic rings. The van der Waals surface area contributed by atoms with Crippen molar-refractivity contribution in [2.24, 2.45) is 11.3 Å². The Bertz CT molecular complexity index is 349. The second-order valence-corrected chi connectivity index (χ2v) is 5.17. The molecule has 0 radical (unpaired) electrons. The molecule has 0 saturated carbocycles. The van der Waals surface area contributed by atoms with E-state index in [9.17, 15) is 0 Å². The Balaban J connectivity index is 2.46. The van der Waals surface area contributed by atoms with Gasteiger partial charge in [-0.3, -0.25) is 0 Å². The van der Waals surface area contributed by atoms with Gasteiger partial charge in [0.25, 0.3) is 0 Å². The molecule has 1 saturated heterocycles. The minimum absolute atomic E-state index is 0.134. The van der Waals surface area contributed by atoms with Gasteiger partial charge in [0.2, 0.25) is 0 Å². The van der Waals surface area contributed by atoms with Crippen LogP contribution in [0.5, 0.6) is 0 Å². The summed E-state index contributed by atoms with van der Waals surface area (Å²) >= 11 is 6.07. The van der Waals surface area contributed by atoms with Crippen LogP contribution in [-0.4, -0.2) is 11.9 Å². The van der Waals surface area contributed by atoms with E-state index < -0.39 is 0 Å². The number of rotatable bonds is 0. The number of likely N-dealkylation sites (tertiary alicyclic amines) is 1. The fourth-order valence-corrected chi connectivity index (χ4v) is 2.64. The second-order valence-electron chi connectivity index (χ2n) is 4.69. The van der Waals surface area contributed by atoms with Crippen molar-refractivity contribution in [3.05, 3.63) is 35.2 Å². The molecule has 0 N–H and O–H groups in total. The normalized spacial score (nSPS) is 29.9. The number of fused-ring (bicyclic) bond motifs is 1. The van der Waals surface area contributed by atoms with E-state index in [0.29, 0.717) is 5.92 Å². The molecule has 0 bridgehead atoms. The third-order valence-corrected chi connectivity index (χ3v) is 3.88. The van der Waals surface area contributed by atoms with Crippen LogP contribution in [0.1, 0.15) is 20.3 Å². The summed E-state index contributed by atoms with van der Waals surface area (Å²) in [5.41, 5.74) is 2.67. The lowest BCUT2D eigenvalue weighted by atomic mass is 9.76. The zero-order chi connectivity index (χ0) is 10.5. The fourth-order valence-electron chi connectivity index (χ4n) is 2.42. The van der Waals surface area contributed by atoms with Crippen LogP contribution >= 0.6 is 11.6 Å². The van der Waals surface area contributed by atoms with E-state index in [2.05, 4.69) is 38.5 Å². The first-order valence-electron chi connectivity index (χ1n) is 4.94. The van der Waals surface area contributed by atoms with Crippen LogP contribution in [0.25, 0.3) is 0 Å². The SMILES string of the molecule is C=C1N(C)C2=CC=C(Cl)CC2C1(C)C. The Morgan fingerprint density at radius 3 is 2.79 bits per heavy atom. The van der Waals surface area contributed by atoms with Gasteiger partial charge in [0.1, 0.15) is 0 Å². The summed E-state index contributed by atoms with van der Waals surface area (Å²) < 4.78 is 0. The highest BCUT2D eigenvalue weighted by atomic mass is 35.5. The lowest BCUT2D eigenvalue weighted by Crippen LogP contribution is -2.20. The van der Waals surface area contributed by atoms with Crippen molar-refractivity contribution < 1.29 is 0 Å². The Labute approximate surface area is 90.7 Å². The van der Waals surface area contributed by atoms with Crippen LogP contribution in [0.4, 0.5) is 0 Å². The van der Waals surface area contributed by atoms with Crippen LogP contribution in [0.3, 0.4) is 0 Å².